The zero-order valence-electron chi connectivity index (χ0n) is 11.6. The third-order valence-corrected chi connectivity index (χ3v) is 5.66. The van der Waals surface area contributed by atoms with Crippen molar-refractivity contribution in [2.24, 2.45) is 0 Å². The fourth-order valence-electron chi connectivity index (χ4n) is 3.05. The highest BCUT2D eigenvalue weighted by atomic mass is 32.2. The van der Waals surface area contributed by atoms with Crippen LogP contribution in [0.1, 0.15) is 51.4 Å². The molecule has 116 valence electrons. The first-order valence-corrected chi connectivity index (χ1v) is 8.95. The van der Waals surface area contributed by atoms with Gasteiger partial charge in [-0.2, -0.15) is 4.72 Å². The Morgan fingerprint density at radius 1 is 1.20 bits per heavy atom. The molecule has 1 saturated carbocycles. The largest absolute Gasteiger partial charge is 0.480 e. The molecule has 0 aromatic carbocycles. The van der Waals surface area contributed by atoms with Crippen LogP contribution in [0.4, 0.5) is 0 Å². The molecular weight excluding hydrogens is 282 g/mol. The summed E-state index contributed by atoms with van der Waals surface area (Å²) in [6.45, 7) is 0.588. The highest BCUT2D eigenvalue weighted by Gasteiger charge is 2.42. The number of sulfonamides is 1. The van der Waals surface area contributed by atoms with Crippen molar-refractivity contribution in [2.75, 3.05) is 12.4 Å². The first-order valence-electron chi connectivity index (χ1n) is 7.30. The van der Waals surface area contributed by atoms with Gasteiger partial charge in [-0.15, -0.1) is 0 Å². The van der Waals surface area contributed by atoms with Gasteiger partial charge in [-0.1, -0.05) is 25.7 Å². The number of rotatable bonds is 5. The van der Waals surface area contributed by atoms with Crippen LogP contribution in [0.5, 0.6) is 0 Å². The van der Waals surface area contributed by atoms with Gasteiger partial charge >= 0.3 is 5.97 Å². The van der Waals surface area contributed by atoms with Crippen molar-refractivity contribution in [3.8, 4) is 0 Å². The van der Waals surface area contributed by atoms with Crippen molar-refractivity contribution in [2.45, 2.75) is 63.0 Å². The van der Waals surface area contributed by atoms with E-state index in [4.69, 9.17) is 4.74 Å². The second-order valence-electron chi connectivity index (χ2n) is 5.82. The molecule has 20 heavy (non-hydrogen) atoms. The Bertz CT molecular complexity index is 434. The first kappa shape index (κ1) is 15.7. The molecule has 2 fully saturated rings. The number of carboxylic acids is 1. The molecule has 1 heterocycles. The summed E-state index contributed by atoms with van der Waals surface area (Å²) in [7, 11) is -3.64. The molecule has 2 N–H and O–H groups in total. The van der Waals surface area contributed by atoms with E-state index in [1.807, 2.05) is 0 Å². The number of aliphatic carboxylic acids is 1. The van der Waals surface area contributed by atoms with Crippen LogP contribution >= 0.6 is 0 Å². The second kappa shape index (κ2) is 6.41. The summed E-state index contributed by atoms with van der Waals surface area (Å²) in [5.74, 6) is -1.20. The number of nitrogens with one attached hydrogen (secondary N) is 1. The van der Waals surface area contributed by atoms with E-state index in [-0.39, 0.29) is 11.9 Å². The molecule has 2 rings (SSSR count). The van der Waals surface area contributed by atoms with Crippen LogP contribution in [0.2, 0.25) is 0 Å². The Hall–Kier alpha value is -0.660. The zero-order valence-corrected chi connectivity index (χ0v) is 12.5. The molecule has 1 saturated heterocycles. The fourth-order valence-corrected chi connectivity index (χ4v) is 4.77. The van der Waals surface area contributed by atoms with E-state index in [2.05, 4.69) is 4.72 Å². The summed E-state index contributed by atoms with van der Waals surface area (Å²) in [6.07, 6.45) is 5.43. The highest BCUT2D eigenvalue weighted by molar-refractivity contribution is 7.89. The van der Waals surface area contributed by atoms with Gasteiger partial charge in [0.1, 0.15) is 5.54 Å². The Kier molecular flexibility index (Phi) is 5.04. The molecule has 0 aromatic rings. The van der Waals surface area contributed by atoms with E-state index < -0.39 is 21.5 Å². The van der Waals surface area contributed by atoms with E-state index in [1.54, 1.807) is 0 Å². The zero-order chi connectivity index (χ0) is 14.6. The maximum atomic E-state index is 12.2. The fraction of sp³-hybridized carbons (Fsp3) is 0.923. The van der Waals surface area contributed by atoms with Crippen LogP contribution in [-0.4, -0.2) is 43.5 Å². The molecule has 0 bridgehead atoms. The molecule has 0 spiro atoms. The molecule has 6 nitrogen and oxygen atoms in total. The van der Waals surface area contributed by atoms with Crippen LogP contribution < -0.4 is 4.72 Å². The van der Waals surface area contributed by atoms with Gasteiger partial charge in [0.05, 0.1) is 11.9 Å². The highest BCUT2D eigenvalue weighted by Crippen LogP contribution is 2.28. The maximum absolute atomic E-state index is 12.2. The number of carbonyl (C=O) groups is 1. The number of ether oxygens (including phenoxy) is 1. The summed E-state index contributed by atoms with van der Waals surface area (Å²) in [6, 6.07) is 0. The van der Waals surface area contributed by atoms with E-state index in [1.165, 1.54) is 0 Å². The van der Waals surface area contributed by atoms with E-state index in [0.29, 0.717) is 19.4 Å². The molecule has 0 radical (unpaired) electrons. The molecular formula is C13H23NO5S. The SMILES string of the molecule is O=C(O)C1(NS(=O)(=O)CC2CCCO2)CCCCCC1. The Balaban J connectivity index is 2.07. The van der Waals surface area contributed by atoms with Gasteiger partial charge < -0.3 is 9.84 Å². The number of hydrogen-bond donors (Lipinski definition) is 2. The maximum Gasteiger partial charge on any atom is 0.324 e. The van der Waals surface area contributed by atoms with Crippen molar-refractivity contribution < 1.29 is 23.1 Å². The van der Waals surface area contributed by atoms with Gasteiger partial charge in [0.25, 0.3) is 0 Å². The topological polar surface area (TPSA) is 92.7 Å². The van der Waals surface area contributed by atoms with E-state index >= 15 is 0 Å². The van der Waals surface area contributed by atoms with Gasteiger partial charge in [-0.3, -0.25) is 4.79 Å². The van der Waals surface area contributed by atoms with Crippen molar-refractivity contribution in [3.05, 3.63) is 0 Å². The number of carboxylic acid groups (broad SMARTS) is 1. The van der Waals surface area contributed by atoms with Crippen LogP contribution in [0, 0.1) is 0 Å². The molecule has 1 unspecified atom stereocenters. The lowest BCUT2D eigenvalue weighted by atomic mass is 9.92. The lowest BCUT2D eigenvalue weighted by Crippen LogP contribution is -2.55. The molecule has 1 aliphatic heterocycles. The smallest absolute Gasteiger partial charge is 0.324 e. The van der Waals surface area contributed by atoms with Crippen molar-refractivity contribution in [3.63, 3.8) is 0 Å². The minimum Gasteiger partial charge on any atom is -0.480 e. The summed E-state index contributed by atoms with van der Waals surface area (Å²) >= 11 is 0. The molecule has 1 atom stereocenters. The number of hydrogen-bond acceptors (Lipinski definition) is 4. The van der Waals surface area contributed by atoms with Gasteiger partial charge in [0, 0.05) is 6.61 Å². The van der Waals surface area contributed by atoms with Crippen molar-refractivity contribution >= 4 is 16.0 Å². The summed E-state index contributed by atoms with van der Waals surface area (Å²) in [4.78, 5) is 11.6. The quantitative estimate of drug-likeness (QED) is 0.746. The summed E-state index contributed by atoms with van der Waals surface area (Å²) in [5, 5.41) is 9.48. The lowest BCUT2D eigenvalue weighted by molar-refractivity contribution is -0.144. The molecule has 2 aliphatic rings. The Morgan fingerprint density at radius 3 is 2.35 bits per heavy atom. The first-order chi connectivity index (χ1) is 9.44. The third-order valence-electron chi connectivity index (χ3n) is 4.15. The van der Waals surface area contributed by atoms with Gasteiger partial charge in [0.2, 0.25) is 10.0 Å². The van der Waals surface area contributed by atoms with E-state index in [9.17, 15) is 18.3 Å². The van der Waals surface area contributed by atoms with Gasteiger partial charge in [-0.25, -0.2) is 8.42 Å². The normalized spacial score (nSPS) is 27.1. The lowest BCUT2D eigenvalue weighted by Gasteiger charge is -2.29. The molecule has 7 heteroatoms. The minimum absolute atomic E-state index is 0.137. The van der Waals surface area contributed by atoms with Crippen LogP contribution in [0.25, 0.3) is 0 Å². The molecule has 0 aromatic heterocycles. The van der Waals surface area contributed by atoms with Gasteiger partial charge in [-0.05, 0) is 25.7 Å². The average molecular weight is 305 g/mol. The Labute approximate surface area is 119 Å². The predicted octanol–water partition coefficient (Wildman–Crippen LogP) is 1.26. The van der Waals surface area contributed by atoms with Gasteiger partial charge in [0.15, 0.2) is 0 Å². The Morgan fingerprint density at radius 2 is 1.85 bits per heavy atom. The van der Waals surface area contributed by atoms with E-state index in [0.717, 1.165) is 38.5 Å². The molecule has 0 amide bonds. The van der Waals surface area contributed by atoms with Crippen molar-refractivity contribution in [1.82, 2.24) is 4.72 Å². The minimum atomic E-state index is -3.64. The molecule has 1 aliphatic carbocycles. The summed E-state index contributed by atoms with van der Waals surface area (Å²) in [5.41, 5.74) is -1.33. The third kappa shape index (κ3) is 3.93. The van der Waals surface area contributed by atoms with Crippen LogP contribution in [0.15, 0.2) is 0 Å². The van der Waals surface area contributed by atoms with Crippen LogP contribution in [0.3, 0.4) is 0 Å². The summed E-state index contributed by atoms with van der Waals surface area (Å²) < 4.78 is 32.2. The van der Waals surface area contributed by atoms with Crippen molar-refractivity contribution in [1.29, 1.82) is 0 Å². The van der Waals surface area contributed by atoms with Crippen LogP contribution in [-0.2, 0) is 19.6 Å². The predicted molar refractivity (Wildman–Crippen MR) is 74.0 cm³/mol. The monoisotopic (exact) mass is 305 g/mol. The average Bonchev–Trinajstić information content (AvgIpc) is 2.72. The second-order valence-corrected chi connectivity index (χ2v) is 7.59. The standard InChI is InChI=1S/C13H23NO5S/c15-12(16)13(7-3-1-2-4-8-13)14-20(17,18)10-11-6-5-9-19-11/h11,14H,1-10H2,(H,15,16).